The SMILES string of the molecule is C=Cc1ccc(COc2ccc(C(C)(C)c3ccc(Oc4c(-n5c6ccc(C(C)(C)C)cc6c6cc(C(C)(C)C)ccc65)c(-n5c6ccc(C(C)(C)C)cc6c6cc(C(C)(C)C)ccc65)c(C#N)c(-n5c6ccc(C(C)(C)C)cc6c6cc(C(C)(C)C)ccc65)c4-n4c5ccc(C(C)(C)C)cc5c5cc(C(C)(C)C)ccc54)cc3)cc2)cc1. The normalized spacial score (nSPS) is 13.2. The number of rotatable bonds is 12. The zero-order chi connectivity index (χ0) is 84.6. The maximum atomic E-state index is 13.9. The zero-order valence-corrected chi connectivity index (χ0v) is 74.8. The second-order valence-electron chi connectivity index (χ2n) is 42.4. The lowest BCUT2D eigenvalue weighted by Crippen LogP contribution is -2.18. The molecule has 0 saturated heterocycles. The predicted molar refractivity (Wildman–Crippen MR) is 504 cm³/mol. The molecule has 16 aromatic rings. The van der Waals surface area contributed by atoms with E-state index in [-0.39, 0.29) is 43.3 Å². The van der Waals surface area contributed by atoms with Crippen LogP contribution in [0.3, 0.4) is 0 Å². The van der Waals surface area contributed by atoms with Crippen molar-refractivity contribution in [2.45, 2.75) is 235 Å². The van der Waals surface area contributed by atoms with E-state index in [9.17, 15) is 5.26 Å². The smallest absolute Gasteiger partial charge is 0.179 e. The van der Waals surface area contributed by atoms with Crippen LogP contribution >= 0.6 is 0 Å². The maximum absolute atomic E-state index is 13.9. The van der Waals surface area contributed by atoms with Gasteiger partial charge in [0.05, 0.1) is 55.5 Å². The summed E-state index contributed by atoms with van der Waals surface area (Å²) in [6.07, 6.45) is 1.86. The number of benzene rings is 12. The van der Waals surface area contributed by atoms with Gasteiger partial charge >= 0.3 is 0 Å². The molecule has 0 aliphatic carbocycles. The minimum Gasteiger partial charge on any atom is -0.489 e. The van der Waals surface area contributed by atoms with Crippen LogP contribution in [0.4, 0.5) is 0 Å². The van der Waals surface area contributed by atoms with Gasteiger partial charge in [-0.3, -0.25) is 0 Å². The average Bonchev–Trinajstić information content (AvgIpc) is 1.48. The molecule has 7 nitrogen and oxygen atoms in total. The molecule has 0 amide bonds. The van der Waals surface area contributed by atoms with E-state index in [1.165, 1.54) is 44.5 Å². The van der Waals surface area contributed by atoms with Crippen molar-refractivity contribution in [2.24, 2.45) is 0 Å². The fraction of sp³-hybridized carbons (Fsp3) is 0.324. The van der Waals surface area contributed by atoms with Crippen molar-refractivity contribution in [3.05, 3.63) is 297 Å². The lowest BCUT2D eigenvalue weighted by molar-refractivity contribution is 0.306. The number of fused-ring (bicyclic) bond motifs is 12. The molecule has 600 valence electrons. The van der Waals surface area contributed by atoms with Gasteiger partial charge in [-0.25, -0.2) is 0 Å². The van der Waals surface area contributed by atoms with Crippen LogP contribution in [-0.2, 0) is 55.3 Å². The quantitative estimate of drug-likeness (QED) is 0.122. The lowest BCUT2D eigenvalue weighted by Gasteiger charge is -2.29. The highest BCUT2D eigenvalue weighted by Gasteiger charge is 2.39. The topological polar surface area (TPSA) is 62.0 Å². The van der Waals surface area contributed by atoms with E-state index in [0.717, 1.165) is 127 Å². The molecule has 0 aliphatic rings. The van der Waals surface area contributed by atoms with Crippen molar-refractivity contribution in [2.75, 3.05) is 0 Å². The van der Waals surface area contributed by atoms with Crippen LogP contribution in [-0.4, -0.2) is 18.3 Å². The molecule has 16 rings (SSSR count). The van der Waals surface area contributed by atoms with Gasteiger partial charge in [-0.2, -0.15) is 5.26 Å². The number of ether oxygens (including phenoxy) is 2. The third-order valence-electron chi connectivity index (χ3n) is 25.3. The highest BCUT2D eigenvalue weighted by molar-refractivity contribution is 6.17. The summed E-state index contributed by atoms with van der Waals surface area (Å²) in [6.45, 7) is 64.5. The van der Waals surface area contributed by atoms with E-state index in [0.29, 0.717) is 35.0 Å². The van der Waals surface area contributed by atoms with E-state index in [1.807, 2.05) is 6.08 Å². The monoisotopic (exact) mass is 1550 g/mol. The Bertz CT molecular complexity index is 6180. The molecule has 4 heterocycles. The largest absolute Gasteiger partial charge is 0.489 e. The second-order valence-corrected chi connectivity index (χ2v) is 42.4. The number of nitrogens with zero attached hydrogens (tertiary/aromatic N) is 5. The molecular weight excluding hydrogens is 1440 g/mol. The summed E-state index contributed by atoms with van der Waals surface area (Å²) < 4.78 is 25.0. The van der Waals surface area contributed by atoms with Gasteiger partial charge in [-0.15, -0.1) is 0 Å². The molecule has 0 spiro atoms. The first-order chi connectivity index (χ1) is 55.2. The maximum Gasteiger partial charge on any atom is 0.179 e. The molecule has 0 unspecified atom stereocenters. The Balaban J connectivity index is 1.15. The van der Waals surface area contributed by atoms with Gasteiger partial charge in [0.25, 0.3) is 0 Å². The Morgan fingerprint density at radius 3 is 0.720 bits per heavy atom. The van der Waals surface area contributed by atoms with Crippen LogP contribution in [0.15, 0.2) is 225 Å². The number of hydrogen-bond acceptors (Lipinski definition) is 3. The summed E-state index contributed by atoms with van der Waals surface area (Å²) >= 11 is 0. The van der Waals surface area contributed by atoms with Crippen molar-refractivity contribution >= 4 is 93.3 Å². The van der Waals surface area contributed by atoms with Gasteiger partial charge < -0.3 is 27.7 Å². The fourth-order valence-electron chi connectivity index (χ4n) is 17.6. The first-order valence-corrected chi connectivity index (χ1v) is 42.5. The predicted octanol–water partition coefficient (Wildman–Crippen LogP) is 30.7. The summed E-state index contributed by atoms with van der Waals surface area (Å²) in [4.78, 5) is 0. The molecular formula is C111H119N5O2. The molecule has 0 bridgehead atoms. The molecule has 0 atom stereocenters. The first-order valence-electron chi connectivity index (χ1n) is 42.5. The summed E-state index contributed by atoms with van der Waals surface area (Å²) in [5, 5.41) is 22.8. The van der Waals surface area contributed by atoms with Crippen LogP contribution in [0.5, 0.6) is 17.2 Å². The highest BCUT2D eigenvalue weighted by Crippen LogP contribution is 2.55. The molecule has 0 radical (unpaired) electrons. The zero-order valence-electron chi connectivity index (χ0n) is 74.8. The van der Waals surface area contributed by atoms with Crippen molar-refractivity contribution in [1.82, 2.24) is 18.3 Å². The summed E-state index contributed by atoms with van der Waals surface area (Å²) in [6, 6.07) is 85.9. The van der Waals surface area contributed by atoms with E-state index in [1.54, 1.807) is 0 Å². The van der Waals surface area contributed by atoms with Crippen LogP contribution in [0.2, 0.25) is 0 Å². The van der Waals surface area contributed by atoms with E-state index >= 15 is 0 Å². The van der Waals surface area contributed by atoms with Gasteiger partial charge in [0.1, 0.15) is 41.1 Å². The Morgan fingerprint density at radius 1 is 0.280 bits per heavy atom. The summed E-state index contributed by atoms with van der Waals surface area (Å²) in [7, 11) is 0. The summed E-state index contributed by atoms with van der Waals surface area (Å²) in [5.74, 6) is 2.00. The molecule has 4 aromatic heterocycles. The Morgan fingerprint density at radius 2 is 0.500 bits per heavy atom. The van der Waals surface area contributed by atoms with Crippen molar-refractivity contribution in [3.63, 3.8) is 0 Å². The Kier molecular flexibility index (Phi) is 19.0. The minimum atomic E-state index is -0.462. The lowest BCUT2D eigenvalue weighted by atomic mass is 9.78. The van der Waals surface area contributed by atoms with Crippen LogP contribution in [0, 0.1) is 11.3 Å². The molecule has 7 heteroatoms. The van der Waals surface area contributed by atoms with E-state index in [4.69, 9.17) is 9.47 Å². The third-order valence-corrected chi connectivity index (χ3v) is 25.3. The number of nitriles is 1. The molecule has 0 N–H and O–H groups in total. The second kappa shape index (κ2) is 27.9. The number of hydrogen-bond donors (Lipinski definition) is 0. The Labute approximate surface area is 700 Å². The third kappa shape index (κ3) is 14.0. The average molecular weight is 1560 g/mol. The van der Waals surface area contributed by atoms with Crippen LogP contribution in [0.25, 0.3) is 116 Å². The molecule has 12 aromatic carbocycles. The summed E-state index contributed by atoms with van der Waals surface area (Å²) in [5.41, 5.74) is 23.2. The standard InChI is InChI=1S/C111H119N5O2/c1-28-67-29-31-68(32-30-67)66-117-79-45-33-69(34-46-79)111(26,27)70-35-47-80(48-36-70)118-102-100(115-94-53-41-75(107(14,15)16)61-85(94)86-62-76(108(17,18)19)42-54-95(86)115)98(113-90-49-37-71(103(2,3)4)57-81(90)82-58-72(104(5,6)7)38-50-91(82)113)89(65-112)99(114-92-51-39-73(105(8,9)10)59-83(92)84-60-74(106(11,12)13)40-52-93(84)114)101(102)116-96-55-43-77(109(20,21)22)63-87(96)88-64-78(110(23,24)25)44-56-97(88)116/h28-64H,1,66H2,2-27H3. The van der Waals surface area contributed by atoms with E-state index in [2.05, 4.69) is 429 Å². The first kappa shape index (κ1) is 80.5. The van der Waals surface area contributed by atoms with Crippen LogP contribution < -0.4 is 9.47 Å². The van der Waals surface area contributed by atoms with Crippen LogP contribution in [0.1, 0.15) is 252 Å². The van der Waals surface area contributed by atoms with Gasteiger partial charge in [-0.05, 0) is 231 Å². The molecule has 118 heavy (non-hydrogen) atoms. The van der Waals surface area contributed by atoms with Crippen molar-refractivity contribution in [3.8, 4) is 46.1 Å². The molecule has 0 saturated carbocycles. The fourth-order valence-corrected chi connectivity index (χ4v) is 17.6. The Hall–Kier alpha value is -11.3. The molecule has 0 aliphatic heterocycles. The van der Waals surface area contributed by atoms with E-state index < -0.39 is 5.41 Å². The number of aromatic nitrogens is 4. The van der Waals surface area contributed by atoms with Gasteiger partial charge in [0, 0.05) is 48.5 Å². The highest BCUT2D eigenvalue weighted by atomic mass is 16.5. The molecule has 0 fully saturated rings. The van der Waals surface area contributed by atoms with Gasteiger partial charge in [0.15, 0.2) is 5.75 Å². The van der Waals surface area contributed by atoms with Crippen molar-refractivity contribution < 1.29 is 9.47 Å². The van der Waals surface area contributed by atoms with Crippen molar-refractivity contribution in [1.29, 1.82) is 5.26 Å². The minimum absolute atomic E-state index is 0.201. The van der Waals surface area contributed by atoms with Gasteiger partial charge in [0.2, 0.25) is 0 Å². The van der Waals surface area contributed by atoms with Gasteiger partial charge in [-0.1, -0.05) is 290 Å².